The van der Waals surface area contributed by atoms with Crippen molar-refractivity contribution in [1.82, 2.24) is 10.6 Å². The Bertz CT molecular complexity index is 511. The van der Waals surface area contributed by atoms with Gasteiger partial charge >= 0.3 is 0 Å². The van der Waals surface area contributed by atoms with Gasteiger partial charge < -0.3 is 10.1 Å². The number of carbonyl (C=O) groups excluding carboxylic acids is 1. The average molecular weight is 353 g/mol. The van der Waals surface area contributed by atoms with Crippen LogP contribution in [0, 0.1) is 0 Å². The van der Waals surface area contributed by atoms with Crippen molar-refractivity contribution in [3.05, 3.63) is 34.3 Å². The molecule has 1 saturated heterocycles. The molecule has 1 heterocycles. The SMILES string of the molecule is O=C(CNC1(c2cccc(Br)c2)CCOCC1)NC1CC1. The fourth-order valence-electron chi connectivity index (χ4n) is 2.83. The Labute approximate surface area is 133 Å². The number of hydrogen-bond acceptors (Lipinski definition) is 3. The second-order valence-corrected chi connectivity index (χ2v) is 6.82. The molecule has 0 radical (unpaired) electrons. The molecule has 1 aromatic carbocycles. The van der Waals surface area contributed by atoms with Crippen LogP contribution in [0.1, 0.15) is 31.2 Å². The van der Waals surface area contributed by atoms with Gasteiger partial charge in [0, 0.05) is 29.3 Å². The molecule has 21 heavy (non-hydrogen) atoms. The second-order valence-electron chi connectivity index (χ2n) is 5.90. The number of carbonyl (C=O) groups is 1. The standard InChI is InChI=1S/C16H21BrN2O2/c17-13-3-1-2-12(10-13)16(6-8-21-9-7-16)18-11-15(20)19-14-4-5-14/h1-3,10,14,18H,4-9,11H2,(H,19,20). The molecule has 1 saturated carbocycles. The van der Waals surface area contributed by atoms with Crippen molar-refractivity contribution in [2.45, 2.75) is 37.3 Å². The van der Waals surface area contributed by atoms with Gasteiger partial charge in [0.15, 0.2) is 0 Å². The van der Waals surface area contributed by atoms with E-state index in [0.29, 0.717) is 12.6 Å². The molecule has 1 amide bonds. The molecule has 2 N–H and O–H groups in total. The Kier molecular flexibility index (Phi) is 4.62. The summed E-state index contributed by atoms with van der Waals surface area (Å²) in [6.07, 6.45) is 4.02. The number of hydrogen-bond donors (Lipinski definition) is 2. The zero-order chi connectivity index (χ0) is 14.7. The topological polar surface area (TPSA) is 50.4 Å². The Morgan fingerprint density at radius 2 is 2.10 bits per heavy atom. The lowest BCUT2D eigenvalue weighted by Gasteiger charge is -2.38. The van der Waals surface area contributed by atoms with Crippen molar-refractivity contribution in [3.63, 3.8) is 0 Å². The van der Waals surface area contributed by atoms with E-state index in [1.165, 1.54) is 5.56 Å². The molecule has 114 valence electrons. The van der Waals surface area contributed by atoms with E-state index in [2.05, 4.69) is 38.7 Å². The maximum Gasteiger partial charge on any atom is 0.234 e. The lowest BCUT2D eigenvalue weighted by molar-refractivity contribution is -0.121. The summed E-state index contributed by atoms with van der Waals surface area (Å²) < 4.78 is 6.57. The third kappa shape index (κ3) is 3.84. The van der Waals surface area contributed by atoms with Crippen LogP contribution in [0.25, 0.3) is 0 Å². The van der Waals surface area contributed by atoms with E-state index in [-0.39, 0.29) is 11.4 Å². The van der Waals surface area contributed by atoms with Crippen LogP contribution in [-0.2, 0) is 15.1 Å². The fraction of sp³-hybridized carbons (Fsp3) is 0.562. The van der Waals surface area contributed by atoms with Gasteiger partial charge in [0.2, 0.25) is 5.91 Å². The van der Waals surface area contributed by atoms with E-state index in [4.69, 9.17) is 4.74 Å². The van der Waals surface area contributed by atoms with Crippen LogP contribution in [0.3, 0.4) is 0 Å². The molecule has 4 nitrogen and oxygen atoms in total. The third-order valence-corrected chi connectivity index (χ3v) is 4.75. The summed E-state index contributed by atoms with van der Waals surface area (Å²) in [7, 11) is 0. The lowest BCUT2D eigenvalue weighted by atomic mass is 9.82. The Morgan fingerprint density at radius 1 is 1.33 bits per heavy atom. The van der Waals surface area contributed by atoms with Crippen molar-refractivity contribution < 1.29 is 9.53 Å². The van der Waals surface area contributed by atoms with Crippen molar-refractivity contribution in [2.75, 3.05) is 19.8 Å². The number of benzene rings is 1. The predicted octanol–water partition coefficient (Wildman–Crippen LogP) is 2.32. The minimum atomic E-state index is -0.164. The summed E-state index contributed by atoms with van der Waals surface area (Å²) in [5.74, 6) is 0.0957. The summed E-state index contributed by atoms with van der Waals surface area (Å²) in [5.41, 5.74) is 1.06. The smallest absolute Gasteiger partial charge is 0.234 e. The first kappa shape index (κ1) is 15.0. The molecule has 2 aliphatic rings. The van der Waals surface area contributed by atoms with Crippen LogP contribution in [0.4, 0.5) is 0 Å². The van der Waals surface area contributed by atoms with Crippen molar-refractivity contribution in [3.8, 4) is 0 Å². The molecule has 0 atom stereocenters. The number of nitrogens with one attached hydrogen (secondary N) is 2. The maximum atomic E-state index is 12.0. The van der Waals surface area contributed by atoms with Crippen molar-refractivity contribution >= 4 is 21.8 Å². The molecule has 0 unspecified atom stereocenters. The van der Waals surface area contributed by atoms with Crippen molar-refractivity contribution in [2.24, 2.45) is 0 Å². The number of amides is 1. The largest absolute Gasteiger partial charge is 0.381 e. The minimum Gasteiger partial charge on any atom is -0.381 e. The zero-order valence-electron chi connectivity index (χ0n) is 12.0. The van der Waals surface area contributed by atoms with Crippen LogP contribution >= 0.6 is 15.9 Å². The number of rotatable bonds is 5. The molecule has 2 fully saturated rings. The zero-order valence-corrected chi connectivity index (χ0v) is 13.6. The second kappa shape index (κ2) is 6.46. The maximum absolute atomic E-state index is 12.0. The van der Waals surface area contributed by atoms with E-state index in [1.807, 2.05) is 12.1 Å². The van der Waals surface area contributed by atoms with Gasteiger partial charge in [-0.25, -0.2) is 0 Å². The summed E-state index contributed by atoms with van der Waals surface area (Å²) in [6.45, 7) is 1.82. The van der Waals surface area contributed by atoms with E-state index in [1.54, 1.807) is 0 Å². The van der Waals surface area contributed by atoms with Gasteiger partial charge in [-0.05, 0) is 43.4 Å². The van der Waals surface area contributed by atoms with Crippen LogP contribution < -0.4 is 10.6 Å². The molecule has 1 aromatic rings. The van der Waals surface area contributed by atoms with Gasteiger partial charge in [0.05, 0.1) is 6.54 Å². The molecule has 1 aliphatic heterocycles. The molecule has 0 spiro atoms. The van der Waals surface area contributed by atoms with Gasteiger partial charge in [0.25, 0.3) is 0 Å². The lowest BCUT2D eigenvalue weighted by Crippen LogP contribution is -2.50. The fourth-order valence-corrected chi connectivity index (χ4v) is 3.23. The minimum absolute atomic E-state index is 0.0957. The normalized spacial score (nSPS) is 21.0. The van der Waals surface area contributed by atoms with E-state index >= 15 is 0 Å². The Hall–Kier alpha value is -0.910. The van der Waals surface area contributed by atoms with Gasteiger partial charge in [-0.15, -0.1) is 0 Å². The summed E-state index contributed by atoms with van der Waals surface area (Å²) in [5, 5.41) is 6.53. The Morgan fingerprint density at radius 3 is 2.76 bits per heavy atom. The highest BCUT2D eigenvalue weighted by Crippen LogP contribution is 2.33. The molecule has 5 heteroatoms. The highest BCUT2D eigenvalue weighted by Gasteiger charge is 2.35. The van der Waals surface area contributed by atoms with Gasteiger partial charge in [-0.1, -0.05) is 28.1 Å². The average Bonchev–Trinajstić information content (AvgIpc) is 3.30. The van der Waals surface area contributed by atoms with E-state index < -0.39 is 0 Å². The summed E-state index contributed by atoms with van der Waals surface area (Å²) >= 11 is 3.54. The quantitative estimate of drug-likeness (QED) is 0.854. The molecular formula is C16H21BrN2O2. The van der Waals surface area contributed by atoms with E-state index in [9.17, 15) is 4.79 Å². The van der Waals surface area contributed by atoms with Gasteiger partial charge in [0.1, 0.15) is 0 Å². The molecule has 3 rings (SSSR count). The first-order chi connectivity index (χ1) is 10.2. The molecule has 1 aliphatic carbocycles. The molecule has 0 aromatic heterocycles. The van der Waals surface area contributed by atoms with Crippen LogP contribution in [0.15, 0.2) is 28.7 Å². The van der Waals surface area contributed by atoms with Gasteiger partial charge in [-0.3, -0.25) is 10.1 Å². The van der Waals surface area contributed by atoms with Crippen LogP contribution in [0.2, 0.25) is 0 Å². The Balaban J connectivity index is 1.71. The highest BCUT2D eigenvalue weighted by atomic mass is 79.9. The monoisotopic (exact) mass is 352 g/mol. The summed E-state index contributed by atoms with van der Waals surface area (Å²) in [4.78, 5) is 12.0. The number of ether oxygens (including phenoxy) is 1. The van der Waals surface area contributed by atoms with Crippen LogP contribution in [0.5, 0.6) is 0 Å². The van der Waals surface area contributed by atoms with Crippen molar-refractivity contribution in [1.29, 1.82) is 0 Å². The van der Waals surface area contributed by atoms with Gasteiger partial charge in [-0.2, -0.15) is 0 Å². The molecule has 0 bridgehead atoms. The highest BCUT2D eigenvalue weighted by molar-refractivity contribution is 9.10. The first-order valence-corrected chi connectivity index (χ1v) is 8.35. The first-order valence-electron chi connectivity index (χ1n) is 7.56. The third-order valence-electron chi connectivity index (χ3n) is 4.25. The predicted molar refractivity (Wildman–Crippen MR) is 85.0 cm³/mol. The summed E-state index contributed by atoms with van der Waals surface area (Å²) in [6, 6.07) is 8.74. The molecular weight excluding hydrogens is 332 g/mol. The van der Waals surface area contributed by atoms with Crippen LogP contribution in [-0.4, -0.2) is 31.7 Å². The van der Waals surface area contributed by atoms with E-state index in [0.717, 1.165) is 43.4 Å². The number of halogens is 1.